The molecular weight excluding hydrogens is 250 g/mol. The van der Waals surface area contributed by atoms with Gasteiger partial charge in [0.25, 0.3) is 0 Å². The zero-order valence-corrected chi connectivity index (χ0v) is 11.7. The number of hydrogen-bond acceptors (Lipinski definition) is 3. The van der Waals surface area contributed by atoms with Crippen molar-refractivity contribution in [3.05, 3.63) is 18.0 Å². The predicted octanol–water partition coefficient (Wildman–Crippen LogP) is 1.33. The Bertz CT molecular complexity index is 519. The molecule has 4 N–H and O–H groups in total. The highest BCUT2D eigenvalue weighted by atomic mass is 32.2. The van der Waals surface area contributed by atoms with Crippen LogP contribution in [-0.4, -0.2) is 19.4 Å². The van der Waals surface area contributed by atoms with Gasteiger partial charge in [0.05, 0.1) is 4.90 Å². The van der Waals surface area contributed by atoms with E-state index in [1.807, 2.05) is 0 Å². The molecule has 0 bridgehead atoms. The summed E-state index contributed by atoms with van der Waals surface area (Å²) in [5.41, 5.74) is 6.41. The normalized spacial score (nSPS) is 23.4. The van der Waals surface area contributed by atoms with Crippen LogP contribution in [0.3, 0.4) is 0 Å². The van der Waals surface area contributed by atoms with Crippen LogP contribution in [0.25, 0.3) is 0 Å². The molecule has 1 saturated carbocycles. The molecule has 1 heterocycles. The Morgan fingerprint density at radius 2 is 2.28 bits per heavy atom. The lowest BCUT2D eigenvalue weighted by Gasteiger charge is -2.17. The summed E-state index contributed by atoms with van der Waals surface area (Å²) in [5.74, 6) is 0. The lowest BCUT2D eigenvalue weighted by atomic mass is 9.92. The van der Waals surface area contributed by atoms with Gasteiger partial charge in [-0.2, -0.15) is 0 Å². The molecule has 102 valence electrons. The zero-order chi connectivity index (χ0) is 13.4. The van der Waals surface area contributed by atoms with Gasteiger partial charge >= 0.3 is 0 Å². The smallest absolute Gasteiger partial charge is 0.242 e. The molecule has 0 spiro atoms. The third-order valence-electron chi connectivity index (χ3n) is 3.54. The first-order valence-electron chi connectivity index (χ1n) is 6.22. The van der Waals surface area contributed by atoms with E-state index in [1.165, 1.54) is 6.20 Å². The van der Waals surface area contributed by atoms with Crippen LogP contribution in [0.4, 0.5) is 0 Å². The van der Waals surface area contributed by atoms with Crippen molar-refractivity contribution >= 4 is 10.0 Å². The van der Waals surface area contributed by atoms with Crippen LogP contribution >= 0.6 is 0 Å². The molecule has 2 rings (SSSR count). The summed E-state index contributed by atoms with van der Waals surface area (Å²) in [7, 11) is -3.42. The van der Waals surface area contributed by atoms with Gasteiger partial charge in [0.15, 0.2) is 0 Å². The van der Waals surface area contributed by atoms with E-state index in [-0.39, 0.29) is 16.4 Å². The molecule has 0 aliphatic heterocycles. The summed E-state index contributed by atoms with van der Waals surface area (Å²) in [6.45, 7) is 4.65. The fraction of sp³-hybridized carbons (Fsp3) is 0.667. The largest absolute Gasteiger partial charge is 0.363 e. The van der Waals surface area contributed by atoms with Crippen LogP contribution in [0.1, 0.15) is 38.8 Å². The molecule has 0 amide bonds. The van der Waals surface area contributed by atoms with Crippen LogP contribution in [-0.2, 0) is 16.6 Å². The number of nitrogens with one attached hydrogen (secondary N) is 2. The Balaban J connectivity index is 2.08. The van der Waals surface area contributed by atoms with E-state index in [0.717, 1.165) is 25.0 Å². The number of nitrogens with two attached hydrogens (primary N) is 1. The minimum absolute atomic E-state index is 0.0428. The van der Waals surface area contributed by atoms with Crippen molar-refractivity contribution in [3.8, 4) is 0 Å². The van der Waals surface area contributed by atoms with Gasteiger partial charge in [-0.1, -0.05) is 13.8 Å². The summed E-state index contributed by atoms with van der Waals surface area (Å²) in [6.07, 6.45) is 4.34. The van der Waals surface area contributed by atoms with Crippen LogP contribution in [0.15, 0.2) is 17.2 Å². The second kappa shape index (κ2) is 4.68. The van der Waals surface area contributed by atoms with Crippen molar-refractivity contribution in [2.75, 3.05) is 0 Å². The Morgan fingerprint density at radius 3 is 2.78 bits per heavy atom. The molecule has 1 aromatic rings. The minimum atomic E-state index is -3.42. The Hall–Kier alpha value is -0.850. The first-order chi connectivity index (χ1) is 8.32. The molecule has 1 aliphatic carbocycles. The van der Waals surface area contributed by atoms with E-state index >= 15 is 0 Å². The van der Waals surface area contributed by atoms with Gasteiger partial charge < -0.3 is 10.7 Å². The highest BCUT2D eigenvalue weighted by Gasteiger charge is 2.33. The molecule has 18 heavy (non-hydrogen) atoms. The molecule has 0 aromatic carbocycles. The highest BCUT2D eigenvalue weighted by Crippen LogP contribution is 2.37. The van der Waals surface area contributed by atoms with E-state index in [2.05, 4.69) is 23.6 Å². The third-order valence-corrected chi connectivity index (χ3v) is 5.04. The molecule has 1 unspecified atom stereocenters. The average molecular weight is 271 g/mol. The van der Waals surface area contributed by atoms with E-state index in [0.29, 0.717) is 6.54 Å². The summed E-state index contributed by atoms with van der Waals surface area (Å²) >= 11 is 0. The molecule has 0 saturated heterocycles. The maximum Gasteiger partial charge on any atom is 0.242 e. The summed E-state index contributed by atoms with van der Waals surface area (Å²) in [4.78, 5) is 3.13. The summed E-state index contributed by atoms with van der Waals surface area (Å²) in [6, 6.07) is 1.63. The van der Waals surface area contributed by atoms with Crippen molar-refractivity contribution in [2.24, 2.45) is 11.1 Å². The SMILES string of the molecule is CC1(C)CCC(NS(=O)(=O)c2c[nH]c(CN)c2)C1. The third kappa shape index (κ3) is 2.93. The van der Waals surface area contributed by atoms with E-state index < -0.39 is 10.0 Å². The minimum Gasteiger partial charge on any atom is -0.363 e. The zero-order valence-electron chi connectivity index (χ0n) is 10.9. The maximum atomic E-state index is 12.2. The number of sulfonamides is 1. The standard InChI is InChI=1S/C12H21N3O2S/c1-12(2)4-3-9(6-12)15-18(16,17)11-5-10(7-13)14-8-11/h5,8-9,14-15H,3-4,6-7,13H2,1-2H3. The van der Waals surface area contributed by atoms with Gasteiger partial charge in [0.2, 0.25) is 10.0 Å². The van der Waals surface area contributed by atoms with Crippen molar-refractivity contribution in [3.63, 3.8) is 0 Å². The van der Waals surface area contributed by atoms with E-state index in [1.54, 1.807) is 6.07 Å². The van der Waals surface area contributed by atoms with E-state index in [4.69, 9.17) is 5.73 Å². The number of rotatable bonds is 4. The topological polar surface area (TPSA) is 88.0 Å². The predicted molar refractivity (Wildman–Crippen MR) is 70.4 cm³/mol. The van der Waals surface area contributed by atoms with Crippen LogP contribution in [0.2, 0.25) is 0 Å². The quantitative estimate of drug-likeness (QED) is 0.772. The Labute approximate surface area is 108 Å². The number of aromatic amines is 1. The Kier molecular flexibility index (Phi) is 3.53. The monoisotopic (exact) mass is 271 g/mol. The fourth-order valence-corrected chi connectivity index (χ4v) is 3.80. The van der Waals surface area contributed by atoms with Gasteiger partial charge in [0.1, 0.15) is 0 Å². The van der Waals surface area contributed by atoms with Crippen molar-refractivity contribution in [1.82, 2.24) is 9.71 Å². The maximum absolute atomic E-state index is 12.2. The first kappa shape index (κ1) is 13.6. The molecule has 1 aliphatic rings. The lowest BCUT2D eigenvalue weighted by molar-refractivity contribution is 0.372. The van der Waals surface area contributed by atoms with Gasteiger partial charge in [-0.15, -0.1) is 0 Å². The summed E-state index contributed by atoms with van der Waals surface area (Å²) in [5, 5.41) is 0. The number of hydrogen-bond donors (Lipinski definition) is 3. The highest BCUT2D eigenvalue weighted by molar-refractivity contribution is 7.89. The molecule has 5 nitrogen and oxygen atoms in total. The van der Waals surface area contributed by atoms with Gasteiger partial charge in [0, 0.05) is 24.5 Å². The van der Waals surface area contributed by atoms with Crippen LogP contribution in [0.5, 0.6) is 0 Å². The fourth-order valence-electron chi connectivity index (χ4n) is 2.52. The molecule has 1 aromatic heterocycles. The number of aromatic nitrogens is 1. The van der Waals surface area contributed by atoms with E-state index in [9.17, 15) is 8.42 Å². The second-order valence-corrected chi connectivity index (χ2v) is 7.50. The number of H-pyrrole nitrogens is 1. The second-order valence-electron chi connectivity index (χ2n) is 5.79. The molecule has 0 radical (unpaired) electrons. The van der Waals surface area contributed by atoms with Crippen molar-refractivity contribution in [1.29, 1.82) is 0 Å². The van der Waals surface area contributed by atoms with Crippen LogP contribution < -0.4 is 10.5 Å². The van der Waals surface area contributed by atoms with Gasteiger partial charge in [-0.25, -0.2) is 13.1 Å². The van der Waals surface area contributed by atoms with Crippen LogP contribution in [0, 0.1) is 5.41 Å². The molecular formula is C12H21N3O2S. The summed E-state index contributed by atoms with van der Waals surface area (Å²) < 4.78 is 27.1. The van der Waals surface area contributed by atoms with Gasteiger partial charge in [-0.3, -0.25) is 0 Å². The first-order valence-corrected chi connectivity index (χ1v) is 7.70. The van der Waals surface area contributed by atoms with Crippen molar-refractivity contribution in [2.45, 2.75) is 50.6 Å². The molecule has 6 heteroatoms. The van der Waals surface area contributed by atoms with Crippen molar-refractivity contribution < 1.29 is 8.42 Å². The Morgan fingerprint density at radius 1 is 1.56 bits per heavy atom. The average Bonchev–Trinajstić information content (AvgIpc) is 2.84. The lowest BCUT2D eigenvalue weighted by Crippen LogP contribution is -2.33. The molecule has 1 atom stereocenters. The van der Waals surface area contributed by atoms with Gasteiger partial charge in [-0.05, 0) is 30.7 Å². The molecule has 1 fully saturated rings.